The van der Waals surface area contributed by atoms with Crippen LogP contribution in [0.1, 0.15) is 44.7 Å². The second kappa shape index (κ2) is 6.16. The van der Waals surface area contributed by atoms with Crippen molar-refractivity contribution in [3.8, 4) is 0 Å². The molecule has 0 radical (unpaired) electrons. The summed E-state index contributed by atoms with van der Waals surface area (Å²) in [5.74, 6) is 0.129. The van der Waals surface area contributed by atoms with Gasteiger partial charge in [-0.25, -0.2) is 9.37 Å². The molecule has 3 rings (SSSR count). The molecule has 0 aliphatic carbocycles. The van der Waals surface area contributed by atoms with Crippen molar-refractivity contribution in [3.05, 3.63) is 51.2 Å². The van der Waals surface area contributed by atoms with Crippen molar-refractivity contribution in [1.29, 1.82) is 0 Å². The number of carbonyl (C=O) groups is 1. The van der Waals surface area contributed by atoms with Crippen LogP contribution in [0.3, 0.4) is 0 Å². The number of halogens is 1. The quantitative estimate of drug-likeness (QED) is 0.841. The summed E-state index contributed by atoms with van der Waals surface area (Å²) in [6.45, 7) is 5.61. The molecular weight excluding hydrogens is 299 g/mol. The maximum Gasteiger partial charge on any atom is 0.253 e. The summed E-state index contributed by atoms with van der Waals surface area (Å²) in [7, 11) is 0. The molecule has 0 saturated carbocycles. The first-order valence-corrected chi connectivity index (χ1v) is 8.35. The number of rotatable bonds is 2. The van der Waals surface area contributed by atoms with Gasteiger partial charge in [0.05, 0.1) is 10.7 Å². The lowest BCUT2D eigenvalue weighted by Crippen LogP contribution is -2.37. The van der Waals surface area contributed by atoms with Crippen molar-refractivity contribution in [2.24, 2.45) is 0 Å². The van der Waals surface area contributed by atoms with Gasteiger partial charge in [0.25, 0.3) is 5.91 Å². The number of thiazole rings is 1. The van der Waals surface area contributed by atoms with Gasteiger partial charge in [-0.15, -0.1) is 11.3 Å². The monoisotopic (exact) mass is 318 g/mol. The molecule has 1 aromatic carbocycles. The number of hydrogen-bond donors (Lipinski definition) is 0. The van der Waals surface area contributed by atoms with E-state index in [9.17, 15) is 9.18 Å². The van der Waals surface area contributed by atoms with Crippen molar-refractivity contribution in [2.75, 3.05) is 13.1 Å². The standard InChI is InChI=1S/C17H19FN2OS/c1-11-12(2)22-16(19-11)13-7-9-20(10-8-13)17(21)14-3-5-15(18)6-4-14/h3-6,13H,7-10H2,1-2H3. The van der Waals surface area contributed by atoms with Gasteiger partial charge in [-0.1, -0.05) is 0 Å². The first-order valence-electron chi connectivity index (χ1n) is 7.53. The molecule has 1 aliphatic rings. The highest BCUT2D eigenvalue weighted by atomic mass is 32.1. The Kier molecular flexibility index (Phi) is 4.25. The van der Waals surface area contributed by atoms with E-state index in [1.165, 1.54) is 22.0 Å². The molecule has 116 valence electrons. The molecule has 3 nitrogen and oxygen atoms in total. The Labute approximate surface area is 133 Å². The molecule has 0 bridgehead atoms. The molecule has 22 heavy (non-hydrogen) atoms. The third-order valence-electron chi connectivity index (χ3n) is 4.27. The largest absolute Gasteiger partial charge is 0.339 e. The maximum atomic E-state index is 12.9. The van der Waals surface area contributed by atoms with E-state index >= 15 is 0 Å². The zero-order chi connectivity index (χ0) is 15.7. The van der Waals surface area contributed by atoms with Gasteiger partial charge in [-0.2, -0.15) is 0 Å². The molecular formula is C17H19FN2OS. The zero-order valence-corrected chi connectivity index (χ0v) is 13.6. The van der Waals surface area contributed by atoms with Gasteiger partial charge in [0.1, 0.15) is 5.82 Å². The van der Waals surface area contributed by atoms with Crippen molar-refractivity contribution in [2.45, 2.75) is 32.6 Å². The number of aryl methyl sites for hydroxylation is 2. The summed E-state index contributed by atoms with van der Waals surface area (Å²) in [5, 5.41) is 1.20. The first-order chi connectivity index (χ1) is 10.5. The lowest BCUT2D eigenvalue weighted by molar-refractivity contribution is 0.0713. The zero-order valence-electron chi connectivity index (χ0n) is 12.8. The van der Waals surface area contributed by atoms with Crippen LogP contribution < -0.4 is 0 Å². The fourth-order valence-corrected chi connectivity index (χ4v) is 3.87. The second-order valence-electron chi connectivity index (χ2n) is 5.77. The van der Waals surface area contributed by atoms with Crippen molar-refractivity contribution >= 4 is 17.2 Å². The van der Waals surface area contributed by atoms with Gasteiger partial charge < -0.3 is 4.90 Å². The predicted molar refractivity (Wildman–Crippen MR) is 85.9 cm³/mol. The van der Waals surface area contributed by atoms with Crippen LogP contribution in [0, 0.1) is 19.7 Å². The van der Waals surface area contributed by atoms with Crippen LogP contribution in [-0.4, -0.2) is 28.9 Å². The Hall–Kier alpha value is -1.75. The molecule has 0 N–H and O–H groups in total. The highest BCUT2D eigenvalue weighted by Crippen LogP contribution is 2.32. The number of piperidine rings is 1. The topological polar surface area (TPSA) is 33.2 Å². The van der Waals surface area contributed by atoms with Crippen LogP contribution in [0.15, 0.2) is 24.3 Å². The van der Waals surface area contributed by atoms with Crippen LogP contribution in [0.5, 0.6) is 0 Å². The van der Waals surface area contributed by atoms with Gasteiger partial charge in [0, 0.05) is 29.4 Å². The number of carbonyl (C=O) groups excluding carboxylic acids is 1. The summed E-state index contributed by atoms with van der Waals surface area (Å²) in [4.78, 5) is 20.2. The van der Waals surface area contributed by atoms with Crippen LogP contribution in [0.25, 0.3) is 0 Å². The molecule has 1 saturated heterocycles. The first kappa shape index (κ1) is 15.2. The number of likely N-dealkylation sites (tertiary alicyclic amines) is 1. The fraction of sp³-hybridized carbons (Fsp3) is 0.412. The average Bonchev–Trinajstić information content (AvgIpc) is 2.87. The Bertz CT molecular complexity index is 653. The van der Waals surface area contributed by atoms with Gasteiger partial charge in [-0.3, -0.25) is 4.79 Å². The van der Waals surface area contributed by atoms with E-state index in [0.29, 0.717) is 11.5 Å². The third-order valence-corrected chi connectivity index (χ3v) is 5.50. The smallest absolute Gasteiger partial charge is 0.253 e. The van der Waals surface area contributed by atoms with E-state index in [-0.39, 0.29) is 11.7 Å². The number of hydrogen-bond acceptors (Lipinski definition) is 3. The molecule has 0 unspecified atom stereocenters. The molecule has 2 heterocycles. The maximum absolute atomic E-state index is 12.9. The normalized spacial score (nSPS) is 16.0. The van der Waals surface area contributed by atoms with Gasteiger partial charge >= 0.3 is 0 Å². The summed E-state index contributed by atoms with van der Waals surface area (Å²) >= 11 is 1.77. The minimum absolute atomic E-state index is 0.00931. The minimum Gasteiger partial charge on any atom is -0.339 e. The number of nitrogens with zero attached hydrogens (tertiary/aromatic N) is 2. The molecule has 1 aliphatic heterocycles. The van der Waals surface area contributed by atoms with E-state index in [0.717, 1.165) is 31.6 Å². The molecule has 5 heteroatoms. The predicted octanol–water partition coefficient (Wildman–Crippen LogP) is 3.92. The summed E-state index contributed by atoms with van der Waals surface area (Å²) in [5.41, 5.74) is 1.67. The summed E-state index contributed by atoms with van der Waals surface area (Å²) in [6, 6.07) is 5.77. The molecule has 0 spiro atoms. The molecule has 1 aromatic heterocycles. The Morgan fingerprint density at radius 1 is 1.23 bits per heavy atom. The average molecular weight is 318 g/mol. The Morgan fingerprint density at radius 2 is 1.86 bits per heavy atom. The van der Waals surface area contributed by atoms with E-state index in [2.05, 4.69) is 11.9 Å². The molecule has 0 atom stereocenters. The van der Waals surface area contributed by atoms with Gasteiger partial charge in [0.2, 0.25) is 0 Å². The third kappa shape index (κ3) is 3.04. The van der Waals surface area contributed by atoms with Crippen LogP contribution in [0.2, 0.25) is 0 Å². The van der Waals surface area contributed by atoms with Crippen molar-refractivity contribution < 1.29 is 9.18 Å². The minimum atomic E-state index is -0.315. The molecule has 1 amide bonds. The van der Waals surface area contributed by atoms with E-state index in [4.69, 9.17) is 0 Å². The molecule has 2 aromatic rings. The summed E-state index contributed by atoms with van der Waals surface area (Å²) in [6.07, 6.45) is 1.89. The SMILES string of the molecule is Cc1nc(C2CCN(C(=O)c3ccc(F)cc3)CC2)sc1C. The second-order valence-corrected chi connectivity index (χ2v) is 7.00. The van der Waals surface area contributed by atoms with Crippen LogP contribution in [-0.2, 0) is 0 Å². The van der Waals surface area contributed by atoms with Gasteiger partial charge in [0.15, 0.2) is 0 Å². The lowest BCUT2D eigenvalue weighted by atomic mass is 9.97. The Morgan fingerprint density at radius 3 is 2.41 bits per heavy atom. The highest BCUT2D eigenvalue weighted by Gasteiger charge is 2.26. The van der Waals surface area contributed by atoms with Crippen molar-refractivity contribution in [3.63, 3.8) is 0 Å². The van der Waals surface area contributed by atoms with E-state index in [1.54, 1.807) is 23.5 Å². The number of aromatic nitrogens is 1. The Balaban J connectivity index is 1.64. The number of amides is 1. The van der Waals surface area contributed by atoms with Crippen LogP contribution in [0.4, 0.5) is 4.39 Å². The van der Waals surface area contributed by atoms with E-state index in [1.807, 2.05) is 11.8 Å². The summed E-state index contributed by atoms with van der Waals surface area (Å²) < 4.78 is 12.9. The fourth-order valence-electron chi connectivity index (χ4n) is 2.78. The molecule has 1 fully saturated rings. The number of benzene rings is 1. The van der Waals surface area contributed by atoms with Gasteiger partial charge in [-0.05, 0) is 51.0 Å². The lowest BCUT2D eigenvalue weighted by Gasteiger charge is -2.31. The highest BCUT2D eigenvalue weighted by molar-refractivity contribution is 7.11. The van der Waals surface area contributed by atoms with E-state index < -0.39 is 0 Å². The van der Waals surface area contributed by atoms with Crippen LogP contribution >= 0.6 is 11.3 Å². The van der Waals surface area contributed by atoms with Crippen molar-refractivity contribution in [1.82, 2.24) is 9.88 Å².